The number of pyridine rings is 2. The van der Waals surface area contributed by atoms with Crippen molar-refractivity contribution in [2.45, 2.75) is 107 Å². The summed E-state index contributed by atoms with van der Waals surface area (Å²) >= 11 is 13.2. The highest BCUT2D eigenvalue weighted by molar-refractivity contribution is 6.36. The maximum atomic E-state index is 15.6. The predicted molar refractivity (Wildman–Crippen MR) is 435 cm³/mol. The van der Waals surface area contributed by atoms with E-state index in [1.807, 2.05) is 62.3 Å². The molecule has 4 aliphatic rings. The monoisotopic (exact) mass is 1570 g/mol. The minimum Gasteiger partial charge on any atom is -0.492 e. The first-order chi connectivity index (χ1) is 54.4. The molecular weight excluding hydrogens is 1480 g/mol. The molecule has 10 aromatic rings. The van der Waals surface area contributed by atoms with Crippen LogP contribution in [0.1, 0.15) is 107 Å². The minimum atomic E-state index is -1.39. The Bertz CT molecular complexity index is 5380. The zero-order chi connectivity index (χ0) is 79.2. The van der Waals surface area contributed by atoms with Crippen molar-refractivity contribution in [3.05, 3.63) is 210 Å². The number of carbonyl (C=O) groups excluding carboxylic acids is 5. The molecule has 0 bridgehead atoms. The number of halogens is 3. The van der Waals surface area contributed by atoms with Crippen LogP contribution in [0.4, 0.5) is 10.1 Å². The average Bonchev–Trinajstić information content (AvgIpc) is 1.20. The lowest BCUT2D eigenvalue weighted by atomic mass is 9.78. The van der Waals surface area contributed by atoms with Gasteiger partial charge >= 0.3 is 0 Å². The number of piperidine rings is 3. The van der Waals surface area contributed by atoms with Crippen molar-refractivity contribution in [1.29, 1.82) is 0 Å². The Balaban J connectivity index is 0.664. The third kappa shape index (κ3) is 18.6. The average molecular weight is 1570 g/mol. The minimum absolute atomic E-state index is 0.0343. The molecule has 5 amide bonds. The summed E-state index contributed by atoms with van der Waals surface area (Å²) < 4.78 is 24.0. The molecule has 113 heavy (non-hydrogen) atoms. The van der Waals surface area contributed by atoms with Crippen molar-refractivity contribution in [1.82, 2.24) is 64.2 Å². The highest BCUT2D eigenvalue weighted by Gasteiger charge is 2.42. The van der Waals surface area contributed by atoms with Gasteiger partial charge in [-0.2, -0.15) is 0 Å². The summed E-state index contributed by atoms with van der Waals surface area (Å²) in [6, 6.07) is 36.3. The van der Waals surface area contributed by atoms with E-state index >= 15 is 14.0 Å². The number of hydrogen-bond acceptors (Lipinski definition) is 17. The van der Waals surface area contributed by atoms with Gasteiger partial charge < -0.3 is 55.4 Å². The number of aliphatic hydroxyl groups is 2. The molecule has 0 spiro atoms. The van der Waals surface area contributed by atoms with Crippen LogP contribution in [-0.2, 0) is 46.7 Å². The Morgan fingerprint density at radius 1 is 0.673 bits per heavy atom. The number of fused-ring (bicyclic) bond motifs is 5. The van der Waals surface area contributed by atoms with Crippen LogP contribution in [0.2, 0.25) is 10.0 Å². The molecule has 0 radical (unpaired) electrons. The van der Waals surface area contributed by atoms with Gasteiger partial charge in [-0.3, -0.25) is 52.7 Å². The van der Waals surface area contributed by atoms with Crippen molar-refractivity contribution >= 4 is 102 Å². The number of anilines is 1. The highest BCUT2D eigenvalue weighted by Crippen LogP contribution is 2.39. The molecule has 3 aliphatic heterocycles. The smallest absolute Gasteiger partial charge is 0.264 e. The fraction of sp³-hybridized carbons (Fsp3) is 0.407. The van der Waals surface area contributed by atoms with Gasteiger partial charge in [0.2, 0.25) is 17.7 Å². The second-order valence-corrected chi connectivity index (χ2v) is 32.2. The number of hydrogen-bond donors (Lipinski definition) is 5. The maximum Gasteiger partial charge on any atom is 0.264 e. The van der Waals surface area contributed by atoms with Crippen LogP contribution in [0.5, 0.6) is 5.75 Å². The third-order valence-corrected chi connectivity index (χ3v) is 23.6. The lowest BCUT2D eigenvalue weighted by Crippen LogP contribution is -2.53. The van der Waals surface area contributed by atoms with Gasteiger partial charge in [0, 0.05) is 141 Å². The van der Waals surface area contributed by atoms with Gasteiger partial charge in [-0.1, -0.05) is 83.9 Å². The molecule has 3 atom stereocenters. The number of nitrogens with zero attached hydrogens (tertiary/aromatic N) is 11. The topological polar surface area (TPSA) is 283 Å². The molecule has 24 nitrogen and oxygen atoms in total. The van der Waals surface area contributed by atoms with Crippen molar-refractivity contribution in [2.24, 2.45) is 11.8 Å². The predicted octanol–water partition coefficient (Wildman–Crippen LogP) is 9.95. The van der Waals surface area contributed by atoms with Crippen molar-refractivity contribution < 1.29 is 43.3 Å². The quantitative estimate of drug-likeness (QED) is 0.0299. The van der Waals surface area contributed by atoms with Gasteiger partial charge in [-0.15, -0.1) is 0 Å². The largest absolute Gasteiger partial charge is 0.492 e. The van der Waals surface area contributed by atoms with E-state index in [2.05, 4.69) is 66.1 Å². The Hall–Kier alpha value is -10.1. The molecule has 14 rings (SSSR count). The van der Waals surface area contributed by atoms with E-state index in [1.165, 1.54) is 33.9 Å². The summed E-state index contributed by atoms with van der Waals surface area (Å²) in [6.45, 7) is 4.49. The first-order valence-electron chi connectivity index (χ1n) is 39.0. The molecule has 2 unspecified atom stereocenters. The number of likely N-dealkylation sites (tertiary alicyclic amines) is 3. The number of aryl methyl sites for hydroxylation is 1. The number of carbonyl (C=O) groups is 5. The molecule has 7 heterocycles. The molecule has 5 N–H and O–H groups in total. The summed E-state index contributed by atoms with van der Waals surface area (Å²) in [4.78, 5) is 126. The van der Waals surface area contributed by atoms with Crippen LogP contribution in [0.25, 0.3) is 54.7 Å². The number of amides is 5. The van der Waals surface area contributed by atoms with Gasteiger partial charge in [0.1, 0.15) is 23.6 Å². The van der Waals surface area contributed by atoms with Gasteiger partial charge in [-0.05, 0) is 182 Å². The maximum absolute atomic E-state index is 15.6. The number of nitrogens with one attached hydrogen (secondary N) is 3. The van der Waals surface area contributed by atoms with Crippen molar-refractivity contribution in [2.75, 3.05) is 112 Å². The van der Waals surface area contributed by atoms with Gasteiger partial charge in [-0.25, -0.2) is 14.4 Å². The molecule has 6 aromatic carbocycles. The van der Waals surface area contributed by atoms with E-state index in [4.69, 9.17) is 32.9 Å². The number of likely N-dealkylation sites (N-methyl/N-ethyl adjacent to an activating group) is 1. The summed E-state index contributed by atoms with van der Waals surface area (Å²) in [5, 5.41) is 36.2. The molecule has 27 heteroatoms. The first kappa shape index (κ1) is 79.5. The summed E-state index contributed by atoms with van der Waals surface area (Å²) in [5.74, 6) is -2.56. The lowest BCUT2D eigenvalue weighted by molar-refractivity contribution is -0.143. The number of ether oxygens (including phenoxy) is 1. The summed E-state index contributed by atoms with van der Waals surface area (Å²) in [5.41, 5.74) is 5.32. The Morgan fingerprint density at radius 3 is 2.06 bits per heavy atom. The number of aromatic nitrogens is 6. The highest BCUT2D eigenvalue weighted by atomic mass is 35.5. The third-order valence-electron chi connectivity index (χ3n) is 22.8. The van der Waals surface area contributed by atoms with Crippen LogP contribution in [0.15, 0.2) is 150 Å². The Morgan fingerprint density at radius 2 is 1.34 bits per heavy atom. The van der Waals surface area contributed by atoms with Crippen LogP contribution in [-0.4, -0.2) is 211 Å². The van der Waals surface area contributed by atoms with Crippen LogP contribution in [0, 0.1) is 17.7 Å². The Kier molecular flexibility index (Phi) is 24.4. The molecular formula is C86H95Cl2FN14O10. The second-order valence-electron chi connectivity index (χ2n) is 31.4. The summed E-state index contributed by atoms with van der Waals surface area (Å²) in [6.07, 6.45) is 9.90. The van der Waals surface area contributed by atoms with Crippen LogP contribution < -0.4 is 31.8 Å². The number of benzene rings is 6. The van der Waals surface area contributed by atoms with Crippen LogP contribution >= 0.6 is 23.2 Å². The SMILES string of the molecule is CN(C)CCOc1cc(F)c2c(=O)n(CC3(O)CCN(C(=O)C4CCN(CCNC(=O)c5ccc6c(Cl)ccnc6c5)CC4c4ccc(-c5cccc(C[C@@H](CCCNC(=O)c6ccc7c(Cl)c8c(nc7c6)CCC8)C(=O)N6CCC(O)(Cn7cnc8cc(NC(=O)CCN(C)C)ccc8c7=O)CC6)c5)cc4)CC3)cnc2c1. The standard InChI is InChI=1S/C86H95Cl2FN14O10/c1-97(2)33-25-76(104)95-61-19-22-67-73(46-61)93-52-102(83(67)109)50-85(111)26-35-100(36-27-85)81(107)60(10-7-30-91-79(105)59-18-21-66-74(45-59)96-71-12-6-11-65(71)78(66)88)43-54-8-5-9-57(42-54)55-13-15-56(16-14-55)68-49-99(39-32-92-80(106)58-17-20-64-69(87)23-31-90-72(64)44-58)34-24-63(68)82(108)101-37-28-86(112,29-38-101)51-103-53-94-75-48-62(113-41-40-98(3)4)47-70(89)77(75)84(103)110/h5,8-9,13-23,31,42,44-48,52-53,60,63,68,111-112H,6-7,10-12,24-30,32-41,43,49-51H2,1-4H3,(H,91,105)(H,92,106)(H,95,104)/t60-,63?,68?/m1/s1. The normalized spacial score (nSPS) is 17.3. The molecule has 0 saturated carbocycles. The lowest BCUT2D eigenvalue weighted by Gasteiger charge is -2.43. The van der Waals surface area contributed by atoms with Crippen molar-refractivity contribution in [3.8, 4) is 16.9 Å². The van der Waals surface area contributed by atoms with E-state index in [0.29, 0.717) is 133 Å². The fourth-order valence-electron chi connectivity index (χ4n) is 16.3. The fourth-order valence-corrected chi connectivity index (χ4v) is 16.9. The van der Waals surface area contributed by atoms with E-state index in [1.54, 1.807) is 70.6 Å². The van der Waals surface area contributed by atoms with E-state index in [9.17, 15) is 34.2 Å². The van der Waals surface area contributed by atoms with Gasteiger partial charge in [0.15, 0.2) is 0 Å². The number of rotatable bonds is 27. The molecule has 3 saturated heterocycles. The van der Waals surface area contributed by atoms with E-state index in [0.717, 1.165) is 63.5 Å². The van der Waals surface area contributed by atoms with Crippen LogP contribution in [0.3, 0.4) is 0 Å². The summed E-state index contributed by atoms with van der Waals surface area (Å²) in [7, 11) is 7.58. The molecule has 4 aromatic heterocycles. The van der Waals surface area contributed by atoms with Crippen molar-refractivity contribution in [3.63, 3.8) is 0 Å². The first-order valence-corrected chi connectivity index (χ1v) is 39.7. The van der Waals surface area contributed by atoms with Gasteiger partial charge in [0.25, 0.3) is 22.9 Å². The zero-order valence-electron chi connectivity index (χ0n) is 64.1. The molecule has 3 fully saturated rings. The Labute approximate surface area is 664 Å². The van der Waals surface area contributed by atoms with E-state index in [-0.39, 0.29) is 123 Å². The van der Waals surface area contributed by atoms with E-state index < -0.39 is 34.4 Å². The second kappa shape index (κ2) is 34.7. The molecule has 1 aliphatic carbocycles. The molecule has 590 valence electrons. The zero-order valence-corrected chi connectivity index (χ0v) is 65.6. The van der Waals surface area contributed by atoms with Gasteiger partial charge in [0.05, 0.1) is 74.4 Å².